The van der Waals surface area contributed by atoms with Crippen LogP contribution in [-0.2, 0) is 32.3 Å². The van der Waals surface area contributed by atoms with Gasteiger partial charge >= 0.3 is 11.9 Å². The molecule has 1 unspecified atom stereocenters. The zero-order chi connectivity index (χ0) is 17.9. The van der Waals surface area contributed by atoms with Crippen LogP contribution in [0.4, 0.5) is 0 Å². The van der Waals surface area contributed by atoms with Crippen LogP contribution in [0.5, 0.6) is 0 Å². The monoisotopic (exact) mass is 341 g/mol. The van der Waals surface area contributed by atoms with E-state index in [2.05, 4.69) is 5.32 Å². The molecule has 0 bridgehead atoms. The number of hydrogen-bond donors (Lipinski definition) is 1. The summed E-state index contributed by atoms with van der Waals surface area (Å²) in [6.45, 7) is 0.457. The summed E-state index contributed by atoms with van der Waals surface area (Å²) in [6.07, 6.45) is 0.483. The highest BCUT2D eigenvalue weighted by Gasteiger charge is 2.19. The van der Waals surface area contributed by atoms with Crippen molar-refractivity contribution in [2.75, 3.05) is 7.05 Å². The van der Waals surface area contributed by atoms with Crippen molar-refractivity contribution in [2.24, 2.45) is 0 Å². The van der Waals surface area contributed by atoms with Crippen LogP contribution in [0.25, 0.3) is 0 Å². The van der Waals surface area contributed by atoms with Gasteiger partial charge in [-0.05, 0) is 24.6 Å². The maximum atomic E-state index is 12.1. The highest BCUT2D eigenvalue weighted by Crippen LogP contribution is 2.07. The average molecular weight is 341 g/mol. The van der Waals surface area contributed by atoms with Crippen molar-refractivity contribution in [1.82, 2.24) is 5.32 Å². The highest BCUT2D eigenvalue weighted by molar-refractivity contribution is 5.77. The van der Waals surface area contributed by atoms with Crippen LogP contribution in [0.3, 0.4) is 0 Å². The van der Waals surface area contributed by atoms with Crippen LogP contribution in [0.15, 0.2) is 60.7 Å². The van der Waals surface area contributed by atoms with Crippen LogP contribution >= 0.6 is 0 Å². The summed E-state index contributed by atoms with van der Waals surface area (Å²) in [7, 11) is 1.67. The molecule has 5 nitrogen and oxygen atoms in total. The van der Waals surface area contributed by atoms with E-state index in [1.165, 1.54) is 0 Å². The maximum absolute atomic E-state index is 12.1. The number of carbonyl (C=O) groups excluding carboxylic acids is 2. The number of benzene rings is 2. The van der Waals surface area contributed by atoms with E-state index in [0.717, 1.165) is 11.1 Å². The van der Waals surface area contributed by atoms with Crippen LogP contribution in [-0.4, -0.2) is 25.0 Å². The fourth-order valence-corrected chi connectivity index (χ4v) is 2.28. The highest BCUT2D eigenvalue weighted by atomic mass is 16.5. The molecule has 0 aromatic heterocycles. The number of ether oxygens (including phenoxy) is 2. The van der Waals surface area contributed by atoms with Gasteiger partial charge in [0.15, 0.2) is 0 Å². The van der Waals surface area contributed by atoms with Crippen molar-refractivity contribution < 1.29 is 19.1 Å². The molecule has 2 aromatic carbocycles. The molecule has 25 heavy (non-hydrogen) atoms. The minimum Gasteiger partial charge on any atom is -0.461 e. The van der Waals surface area contributed by atoms with Gasteiger partial charge in [0.25, 0.3) is 0 Å². The Morgan fingerprint density at radius 3 is 1.92 bits per heavy atom. The lowest BCUT2D eigenvalue weighted by Gasteiger charge is -2.15. The summed E-state index contributed by atoms with van der Waals surface area (Å²) in [5.41, 5.74) is 1.86. The molecule has 0 radical (unpaired) electrons. The summed E-state index contributed by atoms with van der Waals surface area (Å²) in [4.78, 5) is 23.9. The Bertz CT molecular complexity index is 658. The summed E-state index contributed by atoms with van der Waals surface area (Å²) >= 11 is 0. The van der Waals surface area contributed by atoms with Gasteiger partial charge in [-0.3, -0.25) is 9.59 Å². The Labute approximate surface area is 148 Å². The van der Waals surface area contributed by atoms with Gasteiger partial charge in [-0.2, -0.15) is 0 Å². The largest absolute Gasteiger partial charge is 0.461 e. The molecule has 0 heterocycles. The molecule has 0 amide bonds. The third kappa shape index (κ3) is 6.77. The molecule has 5 heteroatoms. The quantitative estimate of drug-likeness (QED) is 0.711. The predicted molar refractivity (Wildman–Crippen MR) is 94.6 cm³/mol. The molecular formula is C20H23NO4. The zero-order valence-electron chi connectivity index (χ0n) is 14.3. The van der Waals surface area contributed by atoms with E-state index in [9.17, 15) is 9.59 Å². The lowest BCUT2D eigenvalue weighted by atomic mass is 10.1. The number of esters is 2. The normalized spacial score (nSPS) is 11.6. The first-order chi connectivity index (χ1) is 12.2. The molecule has 1 atom stereocenters. The molecule has 2 aromatic rings. The molecule has 0 saturated heterocycles. The summed E-state index contributed by atoms with van der Waals surface area (Å²) in [6, 6.07) is 18.4. The van der Waals surface area contributed by atoms with Gasteiger partial charge in [-0.15, -0.1) is 0 Å². The molecular weight excluding hydrogens is 318 g/mol. The second-order valence-corrected chi connectivity index (χ2v) is 5.62. The number of hydrogen-bond acceptors (Lipinski definition) is 5. The molecule has 0 spiro atoms. The molecule has 0 aliphatic rings. The van der Waals surface area contributed by atoms with E-state index in [1.807, 2.05) is 60.7 Å². The Kier molecular flexibility index (Phi) is 7.66. The van der Waals surface area contributed by atoms with Crippen molar-refractivity contribution in [2.45, 2.75) is 32.1 Å². The molecule has 132 valence electrons. The maximum Gasteiger partial charge on any atom is 0.323 e. The first-order valence-corrected chi connectivity index (χ1v) is 8.26. The fourth-order valence-electron chi connectivity index (χ4n) is 2.28. The third-order valence-electron chi connectivity index (χ3n) is 3.74. The van der Waals surface area contributed by atoms with Gasteiger partial charge in [0, 0.05) is 6.42 Å². The molecule has 1 N–H and O–H groups in total. The number of carbonyl (C=O) groups is 2. The topological polar surface area (TPSA) is 64.6 Å². The molecule has 0 aliphatic carbocycles. The number of rotatable bonds is 9. The first-order valence-electron chi connectivity index (χ1n) is 8.26. The third-order valence-corrected chi connectivity index (χ3v) is 3.74. The van der Waals surface area contributed by atoms with Gasteiger partial charge in [-0.25, -0.2) is 0 Å². The second-order valence-electron chi connectivity index (χ2n) is 5.62. The fraction of sp³-hybridized carbons (Fsp3) is 0.300. The van der Waals surface area contributed by atoms with E-state index in [0.29, 0.717) is 6.42 Å². The standard InChI is InChI=1S/C20H23NO4/c1-21-18(20(23)25-15-17-10-6-3-7-11-17)12-13-19(22)24-14-16-8-4-2-5-9-16/h2-11,18,21H,12-15H2,1H3. The second kappa shape index (κ2) is 10.3. The van der Waals surface area contributed by atoms with Crippen LogP contribution in [0.2, 0.25) is 0 Å². The SMILES string of the molecule is CNC(CCC(=O)OCc1ccccc1)C(=O)OCc1ccccc1. The first kappa shape index (κ1) is 18.7. The lowest BCUT2D eigenvalue weighted by molar-refractivity contribution is -0.148. The van der Waals surface area contributed by atoms with E-state index in [-0.39, 0.29) is 31.6 Å². The van der Waals surface area contributed by atoms with Gasteiger partial charge in [-0.1, -0.05) is 60.7 Å². The van der Waals surface area contributed by atoms with Gasteiger partial charge < -0.3 is 14.8 Å². The Morgan fingerprint density at radius 1 is 0.880 bits per heavy atom. The number of nitrogens with one attached hydrogen (secondary N) is 1. The van der Waals surface area contributed by atoms with Crippen molar-refractivity contribution in [3.63, 3.8) is 0 Å². The summed E-state index contributed by atoms with van der Waals surface area (Å²) in [5.74, 6) is -0.706. The van der Waals surface area contributed by atoms with E-state index < -0.39 is 6.04 Å². The van der Waals surface area contributed by atoms with E-state index in [1.54, 1.807) is 7.05 Å². The Hall–Kier alpha value is -2.66. The average Bonchev–Trinajstić information content (AvgIpc) is 2.67. The minimum atomic E-state index is -0.534. The minimum absolute atomic E-state index is 0.152. The van der Waals surface area contributed by atoms with E-state index in [4.69, 9.17) is 9.47 Å². The summed E-state index contributed by atoms with van der Waals surface area (Å²) < 4.78 is 10.5. The zero-order valence-corrected chi connectivity index (χ0v) is 14.3. The Morgan fingerprint density at radius 2 is 1.40 bits per heavy atom. The van der Waals surface area contributed by atoms with Gasteiger partial charge in [0.1, 0.15) is 19.3 Å². The van der Waals surface area contributed by atoms with Crippen molar-refractivity contribution >= 4 is 11.9 Å². The smallest absolute Gasteiger partial charge is 0.323 e. The molecule has 0 saturated carbocycles. The predicted octanol–water partition coefficient (Wildman–Crippen LogP) is 2.84. The number of likely N-dealkylation sites (N-methyl/N-ethyl adjacent to an activating group) is 1. The molecule has 0 aliphatic heterocycles. The van der Waals surface area contributed by atoms with Crippen molar-refractivity contribution in [3.05, 3.63) is 71.8 Å². The van der Waals surface area contributed by atoms with Crippen molar-refractivity contribution in [3.8, 4) is 0 Å². The van der Waals surface area contributed by atoms with E-state index >= 15 is 0 Å². The summed E-state index contributed by atoms with van der Waals surface area (Å²) in [5, 5.41) is 2.88. The van der Waals surface area contributed by atoms with Crippen LogP contribution in [0.1, 0.15) is 24.0 Å². The van der Waals surface area contributed by atoms with Crippen LogP contribution < -0.4 is 5.32 Å². The molecule has 2 rings (SSSR count). The molecule has 0 fully saturated rings. The Balaban J connectivity index is 1.71. The lowest BCUT2D eigenvalue weighted by Crippen LogP contribution is -2.36. The van der Waals surface area contributed by atoms with Crippen molar-refractivity contribution in [1.29, 1.82) is 0 Å². The van der Waals surface area contributed by atoms with Crippen LogP contribution in [0, 0.1) is 0 Å². The van der Waals surface area contributed by atoms with Gasteiger partial charge in [0.2, 0.25) is 0 Å². The van der Waals surface area contributed by atoms with Gasteiger partial charge in [0.05, 0.1) is 0 Å².